The Morgan fingerprint density at radius 3 is 1.67 bits per heavy atom. The number of aliphatic hydroxyl groups excluding tert-OH is 3. The lowest BCUT2D eigenvalue weighted by molar-refractivity contribution is -0.161. The second kappa shape index (κ2) is 42.3. The molecule has 0 saturated carbocycles. The van der Waals surface area contributed by atoms with Crippen LogP contribution in [0.3, 0.4) is 0 Å². The molecule has 0 aliphatic rings. The van der Waals surface area contributed by atoms with Crippen LogP contribution in [0, 0.1) is 0 Å². The van der Waals surface area contributed by atoms with Crippen LogP contribution in [0.5, 0.6) is 0 Å². The second-order valence-electron chi connectivity index (χ2n) is 14.2. The number of phosphoric ester groups is 1. The summed E-state index contributed by atoms with van der Waals surface area (Å²) in [6.45, 7) is 1.95. The fraction of sp³-hybridized carbons (Fsp3) is 0.583. The first-order valence-electron chi connectivity index (χ1n) is 22.0. The zero-order valence-corrected chi connectivity index (χ0v) is 37.4. The van der Waals surface area contributed by atoms with Gasteiger partial charge in [-0.2, -0.15) is 0 Å². The molecule has 0 aromatic carbocycles. The molecule has 11 nitrogen and oxygen atoms in total. The van der Waals surface area contributed by atoms with Gasteiger partial charge in [-0.15, -0.1) is 0 Å². The van der Waals surface area contributed by atoms with Gasteiger partial charge in [0.05, 0.1) is 25.9 Å². The minimum absolute atomic E-state index is 0.0586. The van der Waals surface area contributed by atoms with Crippen molar-refractivity contribution in [1.82, 2.24) is 0 Å². The predicted molar refractivity (Wildman–Crippen MR) is 243 cm³/mol. The van der Waals surface area contributed by atoms with Gasteiger partial charge in [-0.25, -0.2) is 4.57 Å². The van der Waals surface area contributed by atoms with Crippen molar-refractivity contribution in [1.29, 1.82) is 0 Å². The van der Waals surface area contributed by atoms with Crippen LogP contribution in [0.15, 0.2) is 109 Å². The zero-order valence-electron chi connectivity index (χ0n) is 36.5. The Balaban J connectivity index is 4.57. The molecule has 0 rings (SSSR count). The number of ether oxygens (including phenoxy) is 2. The highest BCUT2D eigenvalue weighted by Gasteiger charge is 2.27. The van der Waals surface area contributed by atoms with E-state index in [1.165, 1.54) is 19.3 Å². The minimum Gasteiger partial charge on any atom is -0.462 e. The molecule has 0 heterocycles. The van der Waals surface area contributed by atoms with Crippen LogP contribution in [0.1, 0.15) is 136 Å². The summed E-state index contributed by atoms with van der Waals surface area (Å²) in [5, 5.41) is 28.6. The van der Waals surface area contributed by atoms with Crippen LogP contribution >= 0.6 is 7.82 Å². The number of phosphoric acid groups is 1. The summed E-state index contributed by atoms with van der Waals surface area (Å²) in [4.78, 5) is 35.0. The van der Waals surface area contributed by atoms with E-state index in [1.54, 1.807) is 12.2 Å². The van der Waals surface area contributed by atoms with Crippen LogP contribution in [0.25, 0.3) is 0 Å². The lowest BCUT2D eigenvalue weighted by Gasteiger charge is -2.20. The topological polar surface area (TPSA) is 169 Å². The normalized spacial score (nSPS) is 15.4. The van der Waals surface area contributed by atoms with E-state index in [2.05, 4.69) is 103 Å². The maximum Gasteiger partial charge on any atom is 0.472 e. The Hall–Kier alpha value is -3.41. The van der Waals surface area contributed by atoms with Crippen molar-refractivity contribution in [3.05, 3.63) is 109 Å². The Bertz CT molecular complexity index is 1380. The van der Waals surface area contributed by atoms with E-state index < -0.39 is 64.5 Å². The molecule has 4 atom stereocenters. The van der Waals surface area contributed by atoms with Gasteiger partial charge < -0.3 is 29.7 Å². The minimum atomic E-state index is -4.69. The molecule has 0 aliphatic carbocycles. The van der Waals surface area contributed by atoms with Gasteiger partial charge in [0, 0.05) is 12.8 Å². The number of aliphatic hydroxyl groups is 3. The number of carbonyl (C=O) groups is 2. The molecule has 0 fully saturated rings. The van der Waals surface area contributed by atoms with Gasteiger partial charge >= 0.3 is 19.8 Å². The summed E-state index contributed by atoms with van der Waals surface area (Å²) in [7, 11) is -4.69. The molecule has 0 amide bonds. The third-order valence-electron chi connectivity index (χ3n) is 8.52. The quantitative estimate of drug-likeness (QED) is 0.0153. The third-order valence-corrected chi connectivity index (χ3v) is 9.47. The molecule has 0 radical (unpaired) electrons. The molecule has 0 bridgehead atoms. The van der Waals surface area contributed by atoms with Crippen LogP contribution in [0.2, 0.25) is 0 Å². The van der Waals surface area contributed by atoms with Crippen molar-refractivity contribution in [2.24, 2.45) is 0 Å². The van der Waals surface area contributed by atoms with E-state index in [4.69, 9.17) is 19.1 Å². The van der Waals surface area contributed by atoms with Crippen LogP contribution in [-0.2, 0) is 32.7 Å². The van der Waals surface area contributed by atoms with E-state index in [9.17, 15) is 29.3 Å². The lowest BCUT2D eigenvalue weighted by atomic mass is 10.1. The molecule has 340 valence electrons. The van der Waals surface area contributed by atoms with E-state index in [1.807, 2.05) is 12.2 Å². The summed E-state index contributed by atoms with van der Waals surface area (Å²) in [6.07, 6.45) is 49.4. The molecule has 0 aromatic heterocycles. The summed E-state index contributed by atoms with van der Waals surface area (Å²) in [6, 6.07) is 0. The van der Waals surface area contributed by atoms with Gasteiger partial charge in [-0.1, -0.05) is 142 Å². The number of esters is 2. The maximum absolute atomic E-state index is 12.6. The van der Waals surface area contributed by atoms with Gasteiger partial charge in [0.25, 0.3) is 0 Å². The van der Waals surface area contributed by atoms with Crippen molar-refractivity contribution >= 4 is 19.8 Å². The fourth-order valence-corrected chi connectivity index (χ4v) is 5.91. The van der Waals surface area contributed by atoms with Crippen molar-refractivity contribution in [3.63, 3.8) is 0 Å². The smallest absolute Gasteiger partial charge is 0.462 e. The van der Waals surface area contributed by atoms with Gasteiger partial charge in [0.1, 0.15) is 12.7 Å². The van der Waals surface area contributed by atoms with Gasteiger partial charge in [0.15, 0.2) is 6.10 Å². The number of carbonyl (C=O) groups excluding carboxylic acids is 2. The first-order valence-corrected chi connectivity index (χ1v) is 23.4. The number of rotatable bonds is 39. The molecule has 0 saturated heterocycles. The predicted octanol–water partition coefficient (Wildman–Crippen LogP) is 10.7. The van der Waals surface area contributed by atoms with Gasteiger partial charge in [-0.3, -0.25) is 18.6 Å². The Kier molecular flexibility index (Phi) is 39.9. The molecular formula is C48H77O11P. The van der Waals surface area contributed by atoms with Crippen LogP contribution in [-0.4, -0.2) is 76.9 Å². The first-order chi connectivity index (χ1) is 29.1. The van der Waals surface area contributed by atoms with E-state index in [-0.39, 0.29) is 12.8 Å². The molecule has 12 heteroatoms. The Labute approximate surface area is 361 Å². The number of hydrogen-bond acceptors (Lipinski definition) is 10. The summed E-state index contributed by atoms with van der Waals surface area (Å²) < 4.78 is 32.5. The van der Waals surface area contributed by atoms with Crippen LogP contribution < -0.4 is 0 Å². The van der Waals surface area contributed by atoms with Crippen molar-refractivity contribution in [3.8, 4) is 0 Å². The molecular weight excluding hydrogens is 783 g/mol. The number of allylic oxidation sites excluding steroid dienone is 17. The lowest BCUT2D eigenvalue weighted by Crippen LogP contribution is -2.30. The standard InChI is InChI=1S/C48H77O11P/c1-3-5-7-9-11-13-15-17-18-19-20-21-22-24-26-28-30-32-34-38-47(52)56-42-46(43-58-60(54,55)57-41-45(51)40-49)59-48(53)39-35-37-44(50)36-33-31-29-27-25-23-16-14-12-10-8-6-4-2/h5,7,11-14,17-18,20-21,23-26,29,31,33,36,44-46,49-51H,3-4,6,8-10,15-16,19,22,27-28,30,32,34-35,37-43H2,1-2H3,(H,54,55)/b7-5-,13-11-,14-12-,18-17-,21-20-,25-23-,26-24-,31-29-,36-33+/t44-,45-,46+/m0/s1. The first kappa shape index (κ1) is 56.6. The highest BCUT2D eigenvalue weighted by atomic mass is 31.2. The molecule has 4 N–H and O–H groups in total. The Morgan fingerprint density at radius 2 is 1.10 bits per heavy atom. The SMILES string of the molecule is CC/C=C\C/C=C\C/C=C\C/C=C\C/C=C\CCCCCC(=O)OC[C@H](COP(=O)(O)OC[C@@H](O)CO)OC(=O)CCC[C@@H](O)/C=C/C=C\C/C=C\C/C=C\CCCCC. The van der Waals surface area contributed by atoms with Crippen molar-refractivity contribution in [2.45, 2.75) is 154 Å². The zero-order chi connectivity index (χ0) is 44.2. The van der Waals surface area contributed by atoms with Crippen LogP contribution in [0.4, 0.5) is 0 Å². The average Bonchev–Trinajstić information content (AvgIpc) is 3.23. The molecule has 0 aliphatic heterocycles. The molecule has 1 unspecified atom stereocenters. The van der Waals surface area contributed by atoms with Gasteiger partial charge in [-0.05, 0) is 89.9 Å². The van der Waals surface area contributed by atoms with E-state index in [0.717, 1.165) is 70.6 Å². The van der Waals surface area contributed by atoms with E-state index in [0.29, 0.717) is 19.3 Å². The maximum atomic E-state index is 12.6. The van der Waals surface area contributed by atoms with Crippen molar-refractivity contribution in [2.75, 3.05) is 26.4 Å². The fourth-order valence-electron chi connectivity index (χ4n) is 5.12. The highest BCUT2D eigenvalue weighted by Crippen LogP contribution is 2.43. The molecule has 0 spiro atoms. The van der Waals surface area contributed by atoms with E-state index >= 15 is 0 Å². The largest absolute Gasteiger partial charge is 0.472 e. The van der Waals surface area contributed by atoms with Gasteiger partial charge in [0.2, 0.25) is 0 Å². The average molecular weight is 861 g/mol. The summed E-state index contributed by atoms with van der Waals surface area (Å²) >= 11 is 0. The summed E-state index contributed by atoms with van der Waals surface area (Å²) in [5.41, 5.74) is 0. The molecule has 0 aromatic rings. The highest BCUT2D eigenvalue weighted by molar-refractivity contribution is 7.47. The molecule has 60 heavy (non-hydrogen) atoms. The van der Waals surface area contributed by atoms with Crippen molar-refractivity contribution < 1.29 is 52.9 Å². The summed E-state index contributed by atoms with van der Waals surface area (Å²) in [5.74, 6) is -1.18. The number of hydrogen-bond donors (Lipinski definition) is 4. The second-order valence-corrected chi connectivity index (χ2v) is 15.6. The Morgan fingerprint density at radius 1 is 0.583 bits per heavy atom. The third kappa shape index (κ3) is 41.3. The monoisotopic (exact) mass is 861 g/mol. The number of unbranched alkanes of at least 4 members (excludes halogenated alkanes) is 6.